The number of amides is 3. The number of hydrogen-bond donors (Lipinski definition) is 2. The van der Waals surface area contributed by atoms with E-state index in [0.717, 1.165) is 19.3 Å². The number of carbonyl (C=O) groups is 3. The number of likely N-dealkylation sites (tertiary alicyclic amines) is 1. The number of rotatable bonds is 5. The molecule has 3 amide bonds. The molecule has 7 atom stereocenters. The highest BCUT2D eigenvalue weighted by Crippen LogP contribution is 2.55. The summed E-state index contributed by atoms with van der Waals surface area (Å²) in [5.74, 6) is -1.51. The van der Waals surface area contributed by atoms with Crippen LogP contribution in [0.5, 0.6) is 0 Å². The van der Waals surface area contributed by atoms with Gasteiger partial charge in [-0.05, 0) is 39.5 Å². The number of nitrogens with zero attached hydrogens (tertiary/aromatic N) is 1. The highest BCUT2D eigenvalue weighted by molar-refractivity contribution is 6.00. The van der Waals surface area contributed by atoms with E-state index in [1.54, 1.807) is 6.08 Å². The largest absolute Gasteiger partial charge is 0.359 e. The summed E-state index contributed by atoms with van der Waals surface area (Å²) in [4.78, 5) is 41.7. The lowest BCUT2D eigenvalue weighted by molar-refractivity contribution is -0.142. The molecule has 0 aromatic rings. The Morgan fingerprint density at radius 2 is 2.00 bits per heavy atom. The first-order valence-corrected chi connectivity index (χ1v) is 11.5. The fourth-order valence-corrected chi connectivity index (χ4v) is 5.85. The second-order valence-corrected chi connectivity index (χ2v) is 10.6. The quantitative estimate of drug-likeness (QED) is 0.654. The first kappa shape index (κ1) is 22.1. The Bertz CT molecular complexity index is 816. The van der Waals surface area contributed by atoms with Gasteiger partial charge >= 0.3 is 0 Å². The lowest BCUT2D eigenvalue weighted by Gasteiger charge is -2.34. The molecule has 2 saturated heterocycles. The molecule has 3 heterocycles. The van der Waals surface area contributed by atoms with Crippen LogP contribution in [0.2, 0.25) is 0 Å². The fourth-order valence-electron chi connectivity index (χ4n) is 5.85. The van der Waals surface area contributed by atoms with Crippen molar-refractivity contribution in [1.29, 1.82) is 0 Å². The highest BCUT2D eigenvalue weighted by atomic mass is 16.5. The van der Waals surface area contributed by atoms with Crippen LogP contribution in [-0.4, -0.2) is 58.5 Å². The van der Waals surface area contributed by atoms with E-state index in [2.05, 4.69) is 24.1 Å². The van der Waals surface area contributed by atoms with E-state index in [1.807, 2.05) is 32.9 Å². The molecular formula is C24H35N3O4. The van der Waals surface area contributed by atoms with Crippen molar-refractivity contribution in [3.8, 4) is 0 Å². The Hall–Kier alpha value is -2.15. The Kier molecular flexibility index (Phi) is 5.53. The van der Waals surface area contributed by atoms with Gasteiger partial charge < -0.3 is 20.3 Å². The molecule has 0 aromatic carbocycles. The molecule has 1 spiro atoms. The molecular weight excluding hydrogens is 394 g/mol. The maximum Gasteiger partial charge on any atom is 0.246 e. The third kappa shape index (κ3) is 3.60. The van der Waals surface area contributed by atoms with Gasteiger partial charge in [0.1, 0.15) is 11.6 Å². The van der Waals surface area contributed by atoms with E-state index in [9.17, 15) is 14.4 Å². The van der Waals surface area contributed by atoms with Crippen LogP contribution < -0.4 is 10.6 Å². The van der Waals surface area contributed by atoms with Crippen molar-refractivity contribution in [3.05, 3.63) is 24.8 Å². The van der Waals surface area contributed by atoms with Gasteiger partial charge in [-0.15, -0.1) is 6.58 Å². The van der Waals surface area contributed by atoms with Crippen LogP contribution in [0.4, 0.5) is 0 Å². The summed E-state index contributed by atoms with van der Waals surface area (Å²) < 4.78 is 6.30. The lowest BCUT2D eigenvalue weighted by atomic mass is 9.73. The lowest BCUT2D eigenvalue weighted by Crippen LogP contribution is -2.58. The summed E-state index contributed by atoms with van der Waals surface area (Å²) in [7, 11) is 0. The van der Waals surface area contributed by atoms with Gasteiger partial charge in [-0.25, -0.2) is 0 Å². The van der Waals surface area contributed by atoms with Gasteiger partial charge in [-0.3, -0.25) is 14.4 Å². The summed E-state index contributed by atoms with van der Waals surface area (Å²) in [6, 6.07) is -0.698. The topological polar surface area (TPSA) is 87.7 Å². The second-order valence-electron chi connectivity index (χ2n) is 10.6. The average Bonchev–Trinajstić information content (AvgIpc) is 3.30. The second kappa shape index (κ2) is 7.76. The molecule has 0 radical (unpaired) electrons. The van der Waals surface area contributed by atoms with E-state index >= 15 is 0 Å². The molecule has 4 aliphatic rings. The van der Waals surface area contributed by atoms with Gasteiger partial charge in [-0.2, -0.15) is 0 Å². The van der Waals surface area contributed by atoms with Gasteiger partial charge in [0.2, 0.25) is 17.7 Å². The van der Waals surface area contributed by atoms with Crippen LogP contribution in [0.25, 0.3) is 0 Å². The molecule has 7 nitrogen and oxygen atoms in total. The number of fused-ring (bicyclic) bond motifs is 1. The van der Waals surface area contributed by atoms with Crippen molar-refractivity contribution in [2.75, 3.05) is 6.54 Å². The monoisotopic (exact) mass is 429 g/mol. The van der Waals surface area contributed by atoms with Crippen molar-refractivity contribution in [2.45, 2.75) is 82.7 Å². The van der Waals surface area contributed by atoms with Crippen LogP contribution in [0.15, 0.2) is 24.8 Å². The molecule has 3 aliphatic heterocycles. The summed E-state index contributed by atoms with van der Waals surface area (Å²) in [5.41, 5.74) is -1.57. The zero-order valence-corrected chi connectivity index (χ0v) is 19.0. The van der Waals surface area contributed by atoms with Crippen molar-refractivity contribution in [1.82, 2.24) is 15.5 Å². The molecule has 170 valence electrons. The van der Waals surface area contributed by atoms with Crippen LogP contribution in [0.3, 0.4) is 0 Å². The molecule has 7 heteroatoms. The average molecular weight is 430 g/mol. The number of carbonyl (C=O) groups excluding carboxylic acids is 3. The van der Waals surface area contributed by atoms with Crippen molar-refractivity contribution in [3.63, 3.8) is 0 Å². The minimum Gasteiger partial charge on any atom is -0.359 e. The van der Waals surface area contributed by atoms with Gasteiger partial charge in [0.05, 0.1) is 17.9 Å². The summed E-state index contributed by atoms with van der Waals surface area (Å²) >= 11 is 0. The van der Waals surface area contributed by atoms with E-state index in [-0.39, 0.29) is 30.3 Å². The maximum atomic E-state index is 13.5. The van der Waals surface area contributed by atoms with Gasteiger partial charge in [0.25, 0.3) is 0 Å². The first-order valence-electron chi connectivity index (χ1n) is 11.5. The minimum atomic E-state index is -1.11. The number of nitrogens with one attached hydrogen (secondary N) is 2. The summed E-state index contributed by atoms with van der Waals surface area (Å²) in [6.07, 6.45) is 9.18. The van der Waals surface area contributed by atoms with Crippen LogP contribution in [0.1, 0.15) is 53.4 Å². The molecule has 3 fully saturated rings. The van der Waals surface area contributed by atoms with Gasteiger partial charge in [0.15, 0.2) is 0 Å². The molecule has 1 aliphatic carbocycles. The van der Waals surface area contributed by atoms with Crippen LogP contribution >= 0.6 is 0 Å². The smallest absolute Gasteiger partial charge is 0.246 e. The van der Waals surface area contributed by atoms with Crippen molar-refractivity contribution < 1.29 is 19.1 Å². The molecule has 2 bridgehead atoms. The fraction of sp³-hybridized carbons (Fsp3) is 0.708. The standard InChI is InChI=1S/C24H35N3O4/c1-6-13-27-19(21(29)26-23(3,4)5)24-12-11-16(31-24)17(18(24)22(27)30)20(28)25-15-10-8-7-9-14(15)2/h6,11-12,14-19H,1,7-10,13H2,2-5H3,(H,25,28)(H,26,29)/t14-,15-,16-,17-,18+,19-,24+/m1/s1. The minimum absolute atomic E-state index is 0.126. The van der Waals surface area contributed by atoms with E-state index in [4.69, 9.17) is 4.74 Å². The molecule has 0 unspecified atom stereocenters. The van der Waals surface area contributed by atoms with Gasteiger partial charge in [-0.1, -0.05) is 38.0 Å². The molecule has 4 rings (SSSR count). The zero-order valence-electron chi connectivity index (χ0n) is 19.0. The SMILES string of the molecule is C=CCN1C(=O)[C@@H]2[C@H](C(=O)N[C@@H]3CCCC[C@H]3C)[C@H]3C=C[C@@]2(O3)[C@H]1C(=O)NC(C)(C)C. The maximum absolute atomic E-state index is 13.5. The normalized spacial score (nSPS) is 38.8. The highest BCUT2D eigenvalue weighted by Gasteiger charge is 2.72. The van der Waals surface area contributed by atoms with Crippen LogP contribution in [0, 0.1) is 17.8 Å². The van der Waals surface area contributed by atoms with E-state index < -0.39 is 35.1 Å². The molecule has 2 N–H and O–H groups in total. The van der Waals surface area contributed by atoms with E-state index in [0.29, 0.717) is 5.92 Å². The predicted octanol–water partition coefficient (Wildman–Crippen LogP) is 1.93. The third-order valence-corrected chi connectivity index (χ3v) is 7.19. The van der Waals surface area contributed by atoms with Crippen LogP contribution in [-0.2, 0) is 19.1 Å². The van der Waals surface area contributed by atoms with Gasteiger partial charge in [0, 0.05) is 18.1 Å². The predicted molar refractivity (Wildman–Crippen MR) is 117 cm³/mol. The summed E-state index contributed by atoms with van der Waals surface area (Å²) in [5, 5.41) is 6.20. The third-order valence-electron chi connectivity index (χ3n) is 7.19. The van der Waals surface area contributed by atoms with Crippen molar-refractivity contribution >= 4 is 17.7 Å². The summed E-state index contributed by atoms with van der Waals surface area (Å²) in [6.45, 7) is 11.9. The Labute approximate surface area is 184 Å². The molecule has 1 saturated carbocycles. The van der Waals surface area contributed by atoms with E-state index in [1.165, 1.54) is 11.3 Å². The molecule has 0 aromatic heterocycles. The molecule has 31 heavy (non-hydrogen) atoms. The van der Waals surface area contributed by atoms with Crippen molar-refractivity contribution in [2.24, 2.45) is 17.8 Å². The Balaban J connectivity index is 1.63. The number of ether oxygens (including phenoxy) is 1. The Morgan fingerprint density at radius 1 is 1.29 bits per heavy atom. The first-order chi connectivity index (χ1) is 14.6. The number of hydrogen-bond acceptors (Lipinski definition) is 4. The Morgan fingerprint density at radius 3 is 2.65 bits per heavy atom. The zero-order chi connectivity index (χ0) is 22.6.